The molecule has 0 heterocycles. The zero-order chi connectivity index (χ0) is 29.6. The van der Waals surface area contributed by atoms with Gasteiger partial charge in [0.15, 0.2) is 0 Å². The molecule has 0 fully saturated rings. The first-order valence-corrected chi connectivity index (χ1v) is 17.1. The van der Waals surface area contributed by atoms with Crippen LogP contribution in [0.4, 0.5) is 0 Å². The van der Waals surface area contributed by atoms with E-state index < -0.39 is 10.4 Å². The average molecular weight is 598 g/mol. The summed E-state index contributed by atoms with van der Waals surface area (Å²) in [6, 6.07) is 0. The van der Waals surface area contributed by atoms with E-state index in [-0.39, 0.29) is 18.6 Å². The number of rotatable bonds is 33. The zero-order valence-corrected chi connectivity index (χ0v) is 26.8. The lowest BCUT2D eigenvalue weighted by Crippen LogP contribution is -2.38. The molecule has 10 heteroatoms. The second kappa shape index (κ2) is 28.8. The summed E-state index contributed by atoms with van der Waals surface area (Å²) in [5, 5.41) is 0. The molecule has 0 amide bonds. The van der Waals surface area contributed by atoms with Gasteiger partial charge in [-0.15, -0.1) is 0 Å². The number of hydrogen-bond donors (Lipinski definition) is 0. The van der Waals surface area contributed by atoms with Crippen LogP contribution in [-0.4, -0.2) is 86.1 Å². The molecule has 0 saturated heterocycles. The Hall–Kier alpha value is -0.330. The normalized spacial score (nSPS) is 13.6. The molecular weight excluding hydrogens is 536 g/mol. The van der Waals surface area contributed by atoms with Crippen molar-refractivity contribution in [3.63, 3.8) is 0 Å². The summed E-state index contributed by atoms with van der Waals surface area (Å²) in [6.45, 7) is 8.75. The molecule has 0 saturated carbocycles. The summed E-state index contributed by atoms with van der Waals surface area (Å²) in [7, 11) is -3.09. The Bertz CT molecular complexity index is 592. The van der Waals surface area contributed by atoms with Gasteiger partial charge >= 0.3 is 0 Å². The average Bonchev–Trinajstić information content (AvgIpc) is 2.92. The molecule has 9 nitrogen and oxygen atoms in total. The quantitative estimate of drug-likeness (QED) is 0.0479. The van der Waals surface area contributed by atoms with Gasteiger partial charge in [-0.1, -0.05) is 90.9 Å². The van der Waals surface area contributed by atoms with Crippen molar-refractivity contribution < 1.29 is 40.8 Å². The van der Waals surface area contributed by atoms with Crippen molar-refractivity contribution in [1.29, 1.82) is 0 Å². The van der Waals surface area contributed by atoms with Gasteiger partial charge in [0.2, 0.25) is 10.4 Å². The van der Waals surface area contributed by atoms with Crippen LogP contribution in [0.2, 0.25) is 0 Å². The predicted octanol–water partition coefficient (Wildman–Crippen LogP) is 6.44. The predicted molar refractivity (Wildman–Crippen MR) is 158 cm³/mol. The van der Waals surface area contributed by atoms with Crippen LogP contribution < -0.4 is 0 Å². The first-order valence-electron chi connectivity index (χ1n) is 15.8. The van der Waals surface area contributed by atoms with Gasteiger partial charge in [0.05, 0.1) is 46.2 Å². The lowest BCUT2D eigenvalue weighted by Gasteiger charge is -2.33. The standard InChI is InChI=1S/C30H62O9S/c1-4-6-8-9-10-11-13-18-22-36-27-30(28-37-24-23-34-3,29-38-25-26-39-40(31,32)33)19-15-12-14-17-21-35-20-16-7-5-2/h4-29H2,1-3H3,(H,31,32,33)/p-1/t30-/m1/s1. The van der Waals surface area contributed by atoms with Gasteiger partial charge in [-0.25, -0.2) is 8.42 Å². The molecule has 0 unspecified atom stereocenters. The highest BCUT2D eigenvalue weighted by Gasteiger charge is 2.31. The maximum atomic E-state index is 10.7. The number of unbranched alkanes of at least 4 members (excludes halogenated alkanes) is 12. The summed E-state index contributed by atoms with van der Waals surface area (Å²) >= 11 is 0. The van der Waals surface area contributed by atoms with Gasteiger partial charge in [0.25, 0.3) is 0 Å². The summed E-state index contributed by atoms with van der Waals surface area (Å²) in [5.74, 6) is 0. The number of ether oxygens (including phenoxy) is 5. The summed E-state index contributed by atoms with van der Waals surface area (Å²) in [4.78, 5) is 0. The first-order chi connectivity index (χ1) is 19.4. The maximum Gasteiger partial charge on any atom is 0.217 e. The van der Waals surface area contributed by atoms with Gasteiger partial charge in [0.1, 0.15) is 0 Å². The van der Waals surface area contributed by atoms with E-state index in [9.17, 15) is 13.0 Å². The van der Waals surface area contributed by atoms with Gasteiger partial charge in [-0.3, -0.25) is 4.18 Å². The Labute approximate surface area is 246 Å². The summed E-state index contributed by atoms with van der Waals surface area (Å²) in [5.41, 5.74) is -0.374. The topological polar surface area (TPSA) is 113 Å². The third-order valence-corrected chi connectivity index (χ3v) is 7.35. The third kappa shape index (κ3) is 27.8. The Kier molecular flexibility index (Phi) is 28.5. The molecule has 0 aromatic heterocycles. The minimum atomic E-state index is -4.73. The lowest BCUT2D eigenvalue weighted by atomic mass is 9.84. The monoisotopic (exact) mass is 597 g/mol. The fraction of sp³-hybridized carbons (Fsp3) is 1.00. The Balaban J connectivity index is 4.72. The van der Waals surface area contributed by atoms with E-state index in [1.54, 1.807) is 7.11 Å². The Morgan fingerprint density at radius 3 is 1.50 bits per heavy atom. The van der Waals surface area contributed by atoms with Crippen LogP contribution >= 0.6 is 0 Å². The van der Waals surface area contributed by atoms with E-state index in [2.05, 4.69) is 18.0 Å². The van der Waals surface area contributed by atoms with Crippen LogP contribution in [0.3, 0.4) is 0 Å². The Morgan fingerprint density at radius 2 is 0.950 bits per heavy atom. The van der Waals surface area contributed by atoms with E-state index in [4.69, 9.17) is 23.7 Å². The van der Waals surface area contributed by atoms with Crippen LogP contribution in [0.15, 0.2) is 0 Å². The Morgan fingerprint density at radius 1 is 0.525 bits per heavy atom. The van der Waals surface area contributed by atoms with Gasteiger partial charge in [-0.05, 0) is 25.7 Å². The van der Waals surface area contributed by atoms with Crippen LogP contribution in [-0.2, 0) is 38.3 Å². The van der Waals surface area contributed by atoms with Crippen molar-refractivity contribution in [2.24, 2.45) is 5.41 Å². The van der Waals surface area contributed by atoms with Crippen LogP contribution in [0.1, 0.15) is 117 Å². The second-order valence-corrected chi connectivity index (χ2v) is 11.9. The van der Waals surface area contributed by atoms with Crippen molar-refractivity contribution in [2.75, 3.05) is 73.2 Å². The van der Waals surface area contributed by atoms with Crippen molar-refractivity contribution in [3.8, 4) is 0 Å². The van der Waals surface area contributed by atoms with Crippen molar-refractivity contribution in [1.82, 2.24) is 0 Å². The van der Waals surface area contributed by atoms with Crippen molar-refractivity contribution in [2.45, 2.75) is 117 Å². The molecule has 0 spiro atoms. The molecule has 0 bridgehead atoms. The van der Waals surface area contributed by atoms with E-state index in [1.807, 2.05) is 0 Å². The largest absolute Gasteiger partial charge is 0.726 e. The van der Waals surface area contributed by atoms with Crippen molar-refractivity contribution in [3.05, 3.63) is 0 Å². The molecule has 0 aromatic rings. The highest BCUT2D eigenvalue weighted by molar-refractivity contribution is 7.80. The SMILES string of the molecule is CCCCCCCCCCOC[C@](CCCCCCOCCCCC)(COCCOC)COCCOS(=O)(=O)[O-]. The fourth-order valence-corrected chi connectivity index (χ4v) is 4.77. The fourth-order valence-electron chi connectivity index (χ4n) is 4.50. The lowest BCUT2D eigenvalue weighted by molar-refractivity contribution is -0.0825. The number of hydrogen-bond acceptors (Lipinski definition) is 9. The van der Waals surface area contributed by atoms with E-state index in [0.717, 1.165) is 58.2 Å². The smallest absolute Gasteiger partial charge is 0.217 e. The van der Waals surface area contributed by atoms with Gasteiger partial charge in [-0.2, -0.15) is 0 Å². The summed E-state index contributed by atoms with van der Waals surface area (Å²) < 4.78 is 65.3. The van der Waals surface area contributed by atoms with E-state index in [1.165, 1.54) is 57.8 Å². The third-order valence-electron chi connectivity index (χ3n) is 6.89. The zero-order valence-electron chi connectivity index (χ0n) is 26.0. The molecule has 0 aliphatic heterocycles. The first kappa shape index (κ1) is 39.7. The second-order valence-electron chi connectivity index (χ2n) is 10.8. The van der Waals surface area contributed by atoms with Crippen LogP contribution in [0, 0.1) is 5.41 Å². The molecule has 0 aromatic carbocycles. The van der Waals surface area contributed by atoms with Crippen molar-refractivity contribution >= 4 is 10.4 Å². The molecule has 40 heavy (non-hydrogen) atoms. The molecule has 0 aliphatic rings. The highest BCUT2D eigenvalue weighted by Crippen LogP contribution is 2.28. The highest BCUT2D eigenvalue weighted by atomic mass is 32.3. The molecule has 1 atom stereocenters. The minimum Gasteiger partial charge on any atom is -0.726 e. The molecule has 0 rings (SSSR count). The van der Waals surface area contributed by atoms with E-state index >= 15 is 0 Å². The summed E-state index contributed by atoms with van der Waals surface area (Å²) in [6.07, 6.45) is 18.6. The molecule has 0 radical (unpaired) electrons. The van der Waals surface area contributed by atoms with Crippen LogP contribution in [0.25, 0.3) is 0 Å². The maximum absolute atomic E-state index is 10.7. The van der Waals surface area contributed by atoms with Gasteiger partial charge < -0.3 is 28.2 Å². The molecule has 242 valence electrons. The molecular formula is C30H61O9S-. The number of methoxy groups -OCH3 is 1. The van der Waals surface area contributed by atoms with Gasteiger partial charge in [0, 0.05) is 32.3 Å². The van der Waals surface area contributed by atoms with Crippen LogP contribution in [0.5, 0.6) is 0 Å². The molecule has 0 N–H and O–H groups in total. The minimum absolute atomic E-state index is 0.00862. The van der Waals surface area contributed by atoms with E-state index in [0.29, 0.717) is 39.6 Å². The molecule has 0 aliphatic carbocycles.